The highest BCUT2D eigenvalue weighted by Crippen LogP contribution is 2.19. The van der Waals surface area contributed by atoms with Gasteiger partial charge >= 0.3 is 0 Å². The van der Waals surface area contributed by atoms with Gasteiger partial charge in [-0.15, -0.1) is 0 Å². The maximum absolute atomic E-state index is 13.1. The molecule has 0 bridgehead atoms. The molecule has 4 aromatic rings. The van der Waals surface area contributed by atoms with Gasteiger partial charge < -0.3 is 20.3 Å². The fourth-order valence-corrected chi connectivity index (χ4v) is 3.73. The van der Waals surface area contributed by atoms with Crippen molar-refractivity contribution in [2.24, 2.45) is 0 Å². The van der Waals surface area contributed by atoms with E-state index in [1.807, 2.05) is 85.8 Å². The zero-order chi connectivity index (χ0) is 25.2. The van der Waals surface area contributed by atoms with Crippen LogP contribution in [0.3, 0.4) is 0 Å². The molecule has 6 nitrogen and oxygen atoms in total. The fraction of sp³-hybridized carbons (Fsp3) is 0.133. The van der Waals surface area contributed by atoms with E-state index in [1.165, 1.54) is 0 Å². The van der Waals surface area contributed by atoms with E-state index in [0.717, 1.165) is 17.0 Å². The van der Waals surface area contributed by atoms with E-state index in [1.54, 1.807) is 35.2 Å². The van der Waals surface area contributed by atoms with Crippen LogP contribution >= 0.6 is 0 Å². The van der Waals surface area contributed by atoms with Crippen LogP contribution in [0.25, 0.3) is 0 Å². The van der Waals surface area contributed by atoms with Crippen LogP contribution in [-0.4, -0.2) is 24.9 Å². The topological polar surface area (TPSA) is 70.7 Å². The number of nitrogens with zero attached hydrogens (tertiary/aromatic N) is 1. The molecule has 0 fully saturated rings. The molecular weight excluding hydrogens is 450 g/mol. The number of rotatable bonds is 10. The first-order valence-corrected chi connectivity index (χ1v) is 11.9. The number of anilines is 3. The van der Waals surface area contributed by atoms with Gasteiger partial charge in [0, 0.05) is 29.2 Å². The van der Waals surface area contributed by atoms with E-state index in [4.69, 9.17) is 4.74 Å². The van der Waals surface area contributed by atoms with Crippen LogP contribution in [0.4, 0.5) is 17.1 Å². The van der Waals surface area contributed by atoms with Gasteiger partial charge in [0.25, 0.3) is 5.91 Å². The van der Waals surface area contributed by atoms with Crippen molar-refractivity contribution in [1.82, 2.24) is 0 Å². The molecule has 0 atom stereocenters. The molecule has 0 aliphatic heterocycles. The lowest BCUT2D eigenvalue weighted by atomic mass is 10.1. The second kappa shape index (κ2) is 12.2. The molecule has 0 aliphatic rings. The van der Waals surface area contributed by atoms with Gasteiger partial charge in [-0.25, -0.2) is 0 Å². The summed E-state index contributed by atoms with van der Waals surface area (Å²) in [5, 5.41) is 5.97. The van der Waals surface area contributed by atoms with Crippen molar-refractivity contribution < 1.29 is 14.3 Å². The summed E-state index contributed by atoms with van der Waals surface area (Å²) in [7, 11) is 0. The van der Waals surface area contributed by atoms with Crippen molar-refractivity contribution in [1.29, 1.82) is 0 Å². The van der Waals surface area contributed by atoms with E-state index in [2.05, 4.69) is 10.6 Å². The number of hydrogen-bond donors (Lipinski definition) is 2. The fourth-order valence-electron chi connectivity index (χ4n) is 3.73. The Morgan fingerprint density at radius 2 is 1.47 bits per heavy atom. The zero-order valence-corrected chi connectivity index (χ0v) is 20.2. The van der Waals surface area contributed by atoms with Crippen LogP contribution in [0.15, 0.2) is 109 Å². The molecule has 182 valence electrons. The summed E-state index contributed by atoms with van der Waals surface area (Å²) >= 11 is 0. The van der Waals surface area contributed by atoms with Crippen molar-refractivity contribution in [2.45, 2.75) is 13.5 Å². The van der Waals surface area contributed by atoms with Crippen LogP contribution in [0.1, 0.15) is 22.8 Å². The Labute approximate surface area is 211 Å². The summed E-state index contributed by atoms with van der Waals surface area (Å²) in [4.78, 5) is 27.3. The number of carbonyl (C=O) groups is 2. The van der Waals surface area contributed by atoms with E-state index in [-0.39, 0.29) is 18.4 Å². The molecule has 6 heteroatoms. The highest BCUT2D eigenvalue weighted by Gasteiger charge is 2.16. The van der Waals surface area contributed by atoms with Crippen LogP contribution in [0.2, 0.25) is 0 Å². The molecule has 2 amide bonds. The molecule has 0 unspecified atom stereocenters. The van der Waals surface area contributed by atoms with Gasteiger partial charge in [-0.2, -0.15) is 0 Å². The average molecular weight is 480 g/mol. The third-order valence-electron chi connectivity index (χ3n) is 5.58. The molecule has 0 heterocycles. The minimum atomic E-state index is -0.191. The first-order valence-electron chi connectivity index (χ1n) is 11.9. The molecule has 4 rings (SSSR count). The highest BCUT2D eigenvalue weighted by atomic mass is 16.5. The Morgan fingerprint density at radius 3 is 2.17 bits per heavy atom. The summed E-state index contributed by atoms with van der Waals surface area (Å²) in [6, 6.07) is 34.0. The minimum Gasteiger partial charge on any atom is -0.489 e. The third-order valence-corrected chi connectivity index (χ3v) is 5.58. The van der Waals surface area contributed by atoms with Gasteiger partial charge in [0.05, 0.1) is 6.54 Å². The van der Waals surface area contributed by atoms with Gasteiger partial charge in [-0.1, -0.05) is 54.6 Å². The molecule has 0 radical (unpaired) electrons. The number of nitrogens with one attached hydrogen (secondary N) is 2. The molecule has 0 saturated heterocycles. The standard InChI is InChI=1S/C30H29N3O3/c1-2-33(27-14-7-4-8-15-27)30(35)24-12-9-13-26(20-24)31-21-29(34)32-25-16-18-28(19-17-25)36-22-23-10-5-3-6-11-23/h3-20,31H,2,21-22H2,1H3,(H,32,34). The Balaban J connectivity index is 1.29. The van der Waals surface area contributed by atoms with Gasteiger partial charge in [0.2, 0.25) is 5.91 Å². The second-order valence-electron chi connectivity index (χ2n) is 8.17. The average Bonchev–Trinajstić information content (AvgIpc) is 2.93. The van der Waals surface area contributed by atoms with Gasteiger partial charge in [-0.05, 0) is 67.1 Å². The first-order chi connectivity index (χ1) is 17.6. The summed E-state index contributed by atoms with van der Waals surface area (Å²) in [6.07, 6.45) is 0. The summed E-state index contributed by atoms with van der Waals surface area (Å²) in [5.41, 5.74) is 3.87. The number of carbonyl (C=O) groups excluding carboxylic acids is 2. The molecule has 4 aromatic carbocycles. The molecule has 0 spiro atoms. The van der Waals surface area contributed by atoms with Crippen LogP contribution in [-0.2, 0) is 11.4 Å². The van der Waals surface area contributed by atoms with E-state index >= 15 is 0 Å². The lowest BCUT2D eigenvalue weighted by Gasteiger charge is -2.21. The van der Waals surface area contributed by atoms with Crippen molar-refractivity contribution in [3.05, 3.63) is 120 Å². The highest BCUT2D eigenvalue weighted by molar-refractivity contribution is 6.06. The van der Waals surface area contributed by atoms with E-state index in [0.29, 0.717) is 30.1 Å². The van der Waals surface area contributed by atoms with Gasteiger partial charge in [0.1, 0.15) is 12.4 Å². The minimum absolute atomic E-state index is 0.0695. The summed E-state index contributed by atoms with van der Waals surface area (Å²) in [6.45, 7) is 3.05. The maximum atomic E-state index is 13.1. The molecule has 0 saturated carbocycles. The smallest absolute Gasteiger partial charge is 0.258 e. The van der Waals surface area contributed by atoms with Crippen molar-refractivity contribution in [2.75, 3.05) is 28.6 Å². The largest absolute Gasteiger partial charge is 0.489 e. The number of hydrogen-bond acceptors (Lipinski definition) is 4. The molecule has 0 aromatic heterocycles. The molecule has 2 N–H and O–H groups in total. The van der Waals surface area contributed by atoms with Crippen LogP contribution in [0.5, 0.6) is 5.75 Å². The second-order valence-corrected chi connectivity index (χ2v) is 8.17. The molecule has 0 aliphatic carbocycles. The normalized spacial score (nSPS) is 10.4. The Bertz CT molecular complexity index is 1280. The van der Waals surface area contributed by atoms with Gasteiger partial charge in [0.15, 0.2) is 0 Å². The Hall–Kier alpha value is -4.58. The monoisotopic (exact) mass is 479 g/mol. The predicted octanol–water partition coefficient (Wildman–Crippen LogP) is 5.98. The molecular formula is C30H29N3O3. The Kier molecular flexibility index (Phi) is 8.33. The van der Waals surface area contributed by atoms with Crippen LogP contribution in [0, 0.1) is 0 Å². The number of amides is 2. The van der Waals surface area contributed by atoms with Crippen molar-refractivity contribution in [3.63, 3.8) is 0 Å². The summed E-state index contributed by atoms with van der Waals surface area (Å²) < 4.78 is 5.78. The van der Waals surface area contributed by atoms with E-state index in [9.17, 15) is 9.59 Å². The lowest BCUT2D eigenvalue weighted by molar-refractivity contribution is -0.114. The number of para-hydroxylation sites is 1. The van der Waals surface area contributed by atoms with Crippen molar-refractivity contribution in [3.8, 4) is 5.75 Å². The number of ether oxygens (including phenoxy) is 1. The summed E-state index contributed by atoms with van der Waals surface area (Å²) in [5.74, 6) is 0.448. The Morgan fingerprint density at radius 1 is 0.778 bits per heavy atom. The SMILES string of the molecule is CCN(C(=O)c1cccc(NCC(=O)Nc2ccc(OCc3ccccc3)cc2)c1)c1ccccc1. The first kappa shape index (κ1) is 24.5. The zero-order valence-electron chi connectivity index (χ0n) is 20.2. The maximum Gasteiger partial charge on any atom is 0.258 e. The molecule has 36 heavy (non-hydrogen) atoms. The van der Waals surface area contributed by atoms with Gasteiger partial charge in [-0.3, -0.25) is 9.59 Å². The van der Waals surface area contributed by atoms with Crippen LogP contribution < -0.4 is 20.3 Å². The van der Waals surface area contributed by atoms with Crippen molar-refractivity contribution >= 4 is 28.9 Å². The quantitative estimate of drug-likeness (QED) is 0.293. The lowest BCUT2D eigenvalue weighted by Crippen LogP contribution is -2.30. The number of benzene rings is 4. The predicted molar refractivity (Wildman–Crippen MR) is 145 cm³/mol. The van der Waals surface area contributed by atoms with E-state index < -0.39 is 0 Å². The third kappa shape index (κ3) is 6.73.